The van der Waals surface area contributed by atoms with Crippen LogP contribution in [0, 0.1) is 6.92 Å². The minimum Gasteiger partial charge on any atom is -0.415 e. The van der Waals surface area contributed by atoms with Crippen LogP contribution in [0.15, 0.2) is 64.0 Å². The lowest BCUT2D eigenvalue weighted by Crippen LogP contribution is -2.05. The predicted octanol–water partition coefficient (Wildman–Crippen LogP) is 4.10. The number of nitrogens with zero attached hydrogens (tertiary/aromatic N) is 4. The van der Waals surface area contributed by atoms with Gasteiger partial charge in [-0.15, -0.1) is 10.2 Å². The number of aromatic nitrogens is 4. The lowest BCUT2D eigenvalue weighted by Gasteiger charge is -2.08. The van der Waals surface area contributed by atoms with E-state index in [2.05, 4.69) is 15.2 Å². The molecule has 0 radical (unpaired) electrons. The molecule has 33 heavy (non-hydrogen) atoms. The van der Waals surface area contributed by atoms with Gasteiger partial charge in [-0.3, -0.25) is 9.19 Å². The maximum Gasteiger partial charge on any atom is 0.268 e. The van der Waals surface area contributed by atoms with Crippen LogP contribution in [0.3, 0.4) is 0 Å². The first-order valence-electron chi connectivity index (χ1n) is 10.4. The Labute approximate surface area is 199 Å². The zero-order valence-corrected chi connectivity index (χ0v) is 19.6. The maximum atomic E-state index is 12.3. The van der Waals surface area contributed by atoms with E-state index in [1.54, 1.807) is 6.20 Å². The molecule has 0 spiro atoms. The van der Waals surface area contributed by atoms with Gasteiger partial charge in [-0.1, -0.05) is 38.1 Å². The molecule has 1 atom stereocenters. The van der Waals surface area contributed by atoms with Crippen LogP contribution in [-0.4, -0.2) is 41.6 Å². The SMILES string of the molecule is Cc1ncc(-c2ccc(S(=O)C(C)C)cc2)nc1-c1nnc(-c2ccc(CCN)cc2)o1.O.[HH].[HH].[HH]. The van der Waals surface area contributed by atoms with Crippen LogP contribution in [-0.2, 0) is 17.2 Å². The van der Waals surface area contributed by atoms with Crippen LogP contribution in [0.4, 0.5) is 0 Å². The summed E-state index contributed by atoms with van der Waals surface area (Å²) in [7, 11) is -1.03. The van der Waals surface area contributed by atoms with Crippen molar-refractivity contribution in [2.75, 3.05) is 6.54 Å². The minimum atomic E-state index is -1.03. The molecule has 2 aromatic carbocycles. The van der Waals surface area contributed by atoms with Gasteiger partial charge in [0, 0.05) is 25.6 Å². The Hall–Kier alpha value is -3.27. The Morgan fingerprint density at radius 3 is 2.27 bits per heavy atom. The predicted molar refractivity (Wildman–Crippen MR) is 135 cm³/mol. The van der Waals surface area contributed by atoms with Crippen molar-refractivity contribution < 1.29 is 18.4 Å². The molecule has 0 saturated carbocycles. The van der Waals surface area contributed by atoms with Gasteiger partial charge in [0.2, 0.25) is 5.89 Å². The van der Waals surface area contributed by atoms with Crippen molar-refractivity contribution in [3.05, 3.63) is 66.0 Å². The third-order valence-corrected chi connectivity index (χ3v) is 6.62. The first kappa shape index (κ1) is 24.4. The Kier molecular flexibility index (Phi) is 7.80. The van der Waals surface area contributed by atoms with E-state index in [1.165, 1.54) is 0 Å². The summed E-state index contributed by atoms with van der Waals surface area (Å²) in [5, 5.41) is 8.45. The molecule has 0 aliphatic heterocycles. The molecule has 0 fully saturated rings. The van der Waals surface area contributed by atoms with Crippen molar-refractivity contribution in [2.45, 2.75) is 37.3 Å². The van der Waals surface area contributed by atoms with Crippen LogP contribution in [0.25, 0.3) is 34.3 Å². The quantitative estimate of drug-likeness (QED) is 0.428. The molecule has 4 rings (SSSR count). The first-order chi connectivity index (χ1) is 15.5. The van der Waals surface area contributed by atoms with Gasteiger partial charge in [-0.05, 0) is 49.7 Å². The van der Waals surface area contributed by atoms with Gasteiger partial charge in [-0.2, -0.15) is 0 Å². The van der Waals surface area contributed by atoms with Crippen LogP contribution in [0.1, 0.15) is 29.4 Å². The third kappa shape index (κ3) is 5.39. The summed E-state index contributed by atoms with van der Waals surface area (Å²) in [5.74, 6) is 0.738. The molecular formula is C24H33N5O3S. The highest BCUT2D eigenvalue weighted by molar-refractivity contribution is 7.85. The standard InChI is InChI=1S/C24H25N5O2S.H2O.3H2/c1-15(2)32(30)20-10-8-18(9-11-20)21-14-26-16(3)22(27-21)24-29-28-23(31-24)19-6-4-17(5-7-19)12-13-25;;;;/h4-11,14-15H,12-13,25H2,1-3H3;1H2;3*1H. The number of benzene rings is 2. The molecule has 4 N–H and O–H groups in total. The summed E-state index contributed by atoms with van der Waals surface area (Å²) in [6.45, 7) is 6.34. The molecule has 8 nitrogen and oxygen atoms in total. The van der Waals surface area contributed by atoms with Gasteiger partial charge in [0.25, 0.3) is 5.89 Å². The van der Waals surface area contributed by atoms with Gasteiger partial charge in [-0.25, -0.2) is 4.98 Å². The molecule has 4 aromatic rings. The molecule has 9 heteroatoms. The lowest BCUT2D eigenvalue weighted by molar-refractivity contribution is 0.581. The van der Waals surface area contributed by atoms with Crippen molar-refractivity contribution in [1.82, 2.24) is 20.2 Å². The van der Waals surface area contributed by atoms with Gasteiger partial charge in [0.05, 0.1) is 28.4 Å². The summed E-state index contributed by atoms with van der Waals surface area (Å²) >= 11 is 0. The largest absolute Gasteiger partial charge is 0.415 e. The van der Waals surface area contributed by atoms with Gasteiger partial charge < -0.3 is 15.6 Å². The maximum absolute atomic E-state index is 12.3. The van der Waals surface area contributed by atoms with E-state index in [0.29, 0.717) is 35.4 Å². The van der Waals surface area contributed by atoms with Gasteiger partial charge >= 0.3 is 0 Å². The zero-order chi connectivity index (χ0) is 22.7. The normalized spacial score (nSPS) is 11.9. The second-order valence-electron chi connectivity index (χ2n) is 7.71. The molecule has 0 saturated heterocycles. The third-order valence-electron chi connectivity index (χ3n) is 5.03. The Balaban J connectivity index is 0.00000306. The molecule has 1 unspecified atom stereocenters. The molecule has 2 heterocycles. The average molecular weight is 472 g/mol. The fraction of sp³-hybridized carbons (Fsp3) is 0.250. The summed E-state index contributed by atoms with van der Waals surface area (Å²) in [6, 6.07) is 15.4. The molecular weight excluding hydrogens is 438 g/mol. The van der Waals surface area contributed by atoms with Crippen molar-refractivity contribution in [1.29, 1.82) is 0 Å². The molecule has 0 aliphatic rings. The van der Waals surface area contributed by atoms with Crippen LogP contribution < -0.4 is 5.73 Å². The van der Waals surface area contributed by atoms with E-state index in [9.17, 15) is 4.21 Å². The minimum absolute atomic E-state index is 0. The fourth-order valence-electron chi connectivity index (χ4n) is 3.24. The molecule has 0 aliphatic carbocycles. The highest BCUT2D eigenvalue weighted by Gasteiger charge is 2.16. The van der Waals surface area contributed by atoms with E-state index >= 15 is 0 Å². The van der Waals surface area contributed by atoms with Crippen LogP contribution in [0.2, 0.25) is 0 Å². The second kappa shape index (κ2) is 10.6. The number of nitrogens with two attached hydrogens (primary N) is 1. The zero-order valence-electron chi connectivity index (χ0n) is 18.8. The molecule has 178 valence electrons. The van der Waals surface area contributed by atoms with E-state index in [-0.39, 0.29) is 15.0 Å². The fourth-order valence-corrected chi connectivity index (χ4v) is 4.19. The Morgan fingerprint density at radius 2 is 1.64 bits per heavy atom. The highest BCUT2D eigenvalue weighted by atomic mass is 32.2. The van der Waals surface area contributed by atoms with Crippen molar-refractivity contribution in [2.24, 2.45) is 5.73 Å². The van der Waals surface area contributed by atoms with E-state index in [1.807, 2.05) is 69.3 Å². The van der Waals surface area contributed by atoms with Crippen molar-refractivity contribution in [3.63, 3.8) is 0 Å². The second-order valence-corrected chi connectivity index (χ2v) is 9.72. The lowest BCUT2D eigenvalue weighted by atomic mass is 10.1. The van der Waals surface area contributed by atoms with Crippen LogP contribution >= 0.6 is 0 Å². The van der Waals surface area contributed by atoms with Crippen molar-refractivity contribution in [3.8, 4) is 34.3 Å². The topological polar surface area (TPSA) is 139 Å². The van der Waals surface area contributed by atoms with Crippen LogP contribution in [0.5, 0.6) is 0 Å². The summed E-state index contributed by atoms with van der Waals surface area (Å²) in [5.41, 5.74) is 10.4. The van der Waals surface area contributed by atoms with E-state index < -0.39 is 10.8 Å². The number of aryl methyl sites for hydroxylation is 1. The molecule has 0 bridgehead atoms. The summed E-state index contributed by atoms with van der Waals surface area (Å²) < 4.78 is 18.2. The van der Waals surface area contributed by atoms with E-state index in [4.69, 9.17) is 15.1 Å². The van der Waals surface area contributed by atoms with Crippen molar-refractivity contribution >= 4 is 10.8 Å². The summed E-state index contributed by atoms with van der Waals surface area (Å²) in [6.07, 6.45) is 2.53. The Morgan fingerprint density at radius 1 is 1.00 bits per heavy atom. The monoisotopic (exact) mass is 471 g/mol. The molecule has 2 aromatic heterocycles. The molecule has 0 amide bonds. The van der Waals surface area contributed by atoms with Gasteiger partial charge in [0.15, 0.2) is 0 Å². The average Bonchev–Trinajstić information content (AvgIpc) is 3.30. The number of rotatable bonds is 7. The number of hydrogen-bond acceptors (Lipinski definition) is 7. The first-order valence-corrected chi connectivity index (χ1v) is 11.7. The number of hydrogen-bond donors (Lipinski definition) is 1. The Bertz CT molecular complexity index is 1250. The van der Waals surface area contributed by atoms with E-state index in [0.717, 1.165) is 28.0 Å². The van der Waals surface area contributed by atoms with Gasteiger partial charge in [0.1, 0.15) is 5.69 Å². The smallest absolute Gasteiger partial charge is 0.268 e. The summed E-state index contributed by atoms with van der Waals surface area (Å²) in [4.78, 5) is 9.98. The highest BCUT2D eigenvalue weighted by Crippen LogP contribution is 2.27.